The first-order valence-corrected chi connectivity index (χ1v) is 3.92. The average Bonchev–Trinajstić information content (AvgIpc) is 2.47. The lowest BCUT2D eigenvalue weighted by atomic mass is 10.0. The first-order chi connectivity index (χ1) is 5.88. The Bertz CT molecular complexity index is 233. The predicted molar refractivity (Wildman–Crippen MR) is 39.0 cm³/mol. The van der Waals surface area contributed by atoms with Gasteiger partial charge >= 0.3 is 0 Å². The third kappa shape index (κ3) is 1.45. The molecule has 0 N–H and O–H groups in total. The predicted octanol–water partition coefficient (Wildman–Crippen LogP) is 0.471. The SMILES string of the molecule is FCC1CN(Cc2ncon2)C1. The van der Waals surface area contributed by atoms with Gasteiger partial charge in [0, 0.05) is 19.0 Å². The maximum atomic E-state index is 12.0. The van der Waals surface area contributed by atoms with Crippen LogP contribution < -0.4 is 0 Å². The minimum Gasteiger partial charge on any atom is -0.343 e. The van der Waals surface area contributed by atoms with Crippen LogP contribution in [0.2, 0.25) is 0 Å². The molecule has 1 aromatic heterocycles. The smallest absolute Gasteiger partial charge is 0.213 e. The highest BCUT2D eigenvalue weighted by molar-refractivity contribution is 4.85. The van der Waals surface area contributed by atoms with E-state index in [2.05, 4.69) is 19.6 Å². The molecule has 0 atom stereocenters. The average molecular weight is 171 g/mol. The maximum Gasteiger partial charge on any atom is 0.213 e. The zero-order valence-electron chi connectivity index (χ0n) is 6.61. The molecule has 12 heavy (non-hydrogen) atoms. The lowest BCUT2D eigenvalue weighted by Crippen LogP contribution is -2.47. The monoisotopic (exact) mass is 171 g/mol. The number of aromatic nitrogens is 2. The molecule has 5 heteroatoms. The van der Waals surface area contributed by atoms with Crippen molar-refractivity contribution in [1.29, 1.82) is 0 Å². The Morgan fingerprint density at radius 3 is 3.08 bits per heavy atom. The molecule has 1 aliphatic rings. The van der Waals surface area contributed by atoms with Crippen molar-refractivity contribution in [3.05, 3.63) is 12.2 Å². The van der Waals surface area contributed by atoms with Gasteiger partial charge in [-0.05, 0) is 0 Å². The van der Waals surface area contributed by atoms with Crippen molar-refractivity contribution < 1.29 is 8.91 Å². The van der Waals surface area contributed by atoms with Crippen molar-refractivity contribution in [2.24, 2.45) is 5.92 Å². The fourth-order valence-electron chi connectivity index (χ4n) is 1.37. The van der Waals surface area contributed by atoms with Gasteiger partial charge in [0.15, 0.2) is 5.82 Å². The van der Waals surface area contributed by atoms with Crippen molar-refractivity contribution in [2.45, 2.75) is 6.54 Å². The minimum atomic E-state index is -0.219. The molecule has 1 aliphatic heterocycles. The summed E-state index contributed by atoms with van der Waals surface area (Å²) in [6, 6.07) is 0. The van der Waals surface area contributed by atoms with Crippen molar-refractivity contribution >= 4 is 0 Å². The van der Waals surface area contributed by atoms with E-state index in [4.69, 9.17) is 0 Å². The number of halogens is 1. The fraction of sp³-hybridized carbons (Fsp3) is 0.714. The van der Waals surface area contributed by atoms with Crippen molar-refractivity contribution in [1.82, 2.24) is 15.0 Å². The van der Waals surface area contributed by atoms with Gasteiger partial charge in [-0.1, -0.05) is 5.16 Å². The molecular weight excluding hydrogens is 161 g/mol. The van der Waals surface area contributed by atoms with Crippen LogP contribution in [0.5, 0.6) is 0 Å². The number of hydrogen-bond acceptors (Lipinski definition) is 4. The number of rotatable bonds is 3. The first kappa shape index (κ1) is 7.67. The zero-order chi connectivity index (χ0) is 8.39. The van der Waals surface area contributed by atoms with Gasteiger partial charge in [-0.15, -0.1) is 0 Å². The summed E-state index contributed by atoms with van der Waals surface area (Å²) in [4.78, 5) is 5.97. The van der Waals surface area contributed by atoms with Gasteiger partial charge in [0.2, 0.25) is 6.39 Å². The van der Waals surface area contributed by atoms with E-state index in [1.807, 2.05) is 0 Å². The Balaban J connectivity index is 1.77. The number of hydrogen-bond donors (Lipinski definition) is 0. The normalized spacial score (nSPS) is 19.4. The molecule has 0 amide bonds. The molecule has 0 bridgehead atoms. The Morgan fingerprint density at radius 2 is 2.50 bits per heavy atom. The lowest BCUT2D eigenvalue weighted by Gasteiger charge is -2.36. The van der Waals surface area contributed by atoms with Gasteiger partial charge < -0.3 is 4.52 Å². The van der Waals surface area contributed by atoms with Crippen molar-refractivity contribution in [2.75, 3.05) is 19.8 Å². The summed E-state index contributed by atoms with van der Waals surface area (Å²) in [5.41, 5.74) is 0. The summed E-state index contributed by atoms with van der Waals surface area (Å²) in [6.45, 7) is 2.08. The first-order valence-electron chi connectivity index (χ1n) is 3.92. The summed E-state index contributed by atoms with van der Waals surface area (Å²) >= 11 is 0. The van der Waals surface area contributed by atoms with Gasteiger partial charge in [0.1, 0.15) is 0 Å². The second kappa shape index (κ2) is 3.18. The molecule has 0 saturated carbocycles. The molecule has 1 aromatic rings. The largest absolute Gasteiger partial charge is 0.343 e. The molecule has 1 saturated heterocycles. The van der Waals surface area contributed by atoms with Gasteiger partial charge in [-0.3, -0.25) is 9.29 Å². The Morgan fingerprint density at radius 1 is 1.67 bits per heavy atom. The molecule has 0 unspecified atom stereocenters. The van der Waals surface area contributed by atoms with E-state index < -0.39 is 0 Å². The van der Waals surface area contributed by atoms with Crippen LogP contribution in [0.4, 0.5) is 4.39 Å². The fourth-order valence-corrected chi connectivity index (χ4v) is 1.37. The van der Waals surface area contributed by atoms with Crippen LogP contribution in [-0.2, 0) is 6.54 Å². The quantitative estimate of drug-likeness (QED) is 0.663. The molecule has 1 fully saturated rings. The summed E-state index contributed by atoms with van der Waals surface area (Å²) in [6.07, 6.45) is 1.31. The number of nitrogens with zero attached hydrogens (tertiary/aromatic N) is 3. The molecular formula is C7H10FN3O. The highest BCUT2D eigenvalue weighted by Crippen LogP contribution is 2.17. The standard InChI is InChI=1S/C7H10FN3O/c8-1-6-2-11(3-6)4-7-9-5-12-10-7/h5-6H,1-4H2. The highest BCUT2D eigenvalue weighted by atomic mass is 19.1. The van der Waals surface area contributed by atoms with E-state index in [9.17, 15) is 4.39 Å². The van der Waals surface area contributed by atoms with E-state index in [0.29, 0.717) is 12.4 Å². The van der Waals surface area contributed by atoms with Crippen LogP contribution in [0.25, 0.3) is 0 Å². The van der Waals surface area contributed by atoms with E-state index in [0.717, 1.165) is 13.1 Å². The second-order valence-corrected chi connectivity index (χ2v) is 3.06. The van der Waals surface area contributed by atoms with Crippen LogP contribution >= 0.6 is 0 Å². The topological polar surface area (TPSA) is 42.2 Å². The lowest BCUT2D eigenvalue weighted by molar-refractivity contribution is 0.0705. The van der Waals surface area contributed by atoms with E-state index in [1.54, 1.807) is 0 Å². The van der Waals surface area contributed by atoms with Crippen molar-refractivity contribution in [3.63, 3.8) is 0 Å². The van der Waals surface area contributed by atoms with Crippen LogP contribution in [0.1, 0.15) is 5.82 Å². The number of alkyl halides is 1. The van der Waals surface area contributed by atoms with E-state index >= 15 is 0 Å². The van der Waals surface area contributed by atoms with Gasteiger partial charge in [-0.2, -0.15) is 4.98 Å². The minimum absolute atomic E-state index is 0.219. The maximum absolute atomic E-state index is 12.0. The molecule has 2 heterocycles. The third-order valence-electron chi connectivity index (χ3n) is 2.02. The molecule has 0 aliphatic carbocycles. The summed E-state index contributed by atoms with van der Waals surface area (Å²) < 4.78 is 16.6. The molecule has 66 valence electrons. The van der Waals surface area contributed by atoms with Gasteiger partial charge in [0.05, 0.1) is 13.2 Å². The Labute approximate surface area is 69.4 Å². The van der Waals surface area contributed by atoms with Gasteiger partial charge in [-0.25, -0.2) is 0 Å². The van der Waals surface area contributed by atoms with Crippen LogP contribution in [-0.4, -0.2) is 34.8 Å². The van der Waals surface area contributed by atoms with E-state index in [-0.39, 0.29) is 12.6 Å². The second-order valence-electron chi connectivity index (χ2n) is 3.06. The molecule has 0 spiro atoms. The highest BCUT2D eigenvalue weighted by Gasteiger charge is 2.27. The van der Waals surface area contributed by atoms with Crippen LogP contribution in [0.15, 0.2) is 10.9 Å². The third-order valence-corrected chi connectivity index (χ3v) is 2.02. The molecule has 4 nitrogen and oxygen atoms in total. The number of likely N-dealkylation sites (tertiary alicyclic amines) is 1. The molecule has 2 rings (SSSR count). The van der Waals surface area contributed by atoms with Crippen LogP contribution in [0, 0.1) is 5.92 Å². The van der Waals surface area contributed by atoms with E-state index in [1.165, 1.54) is 6.39 Å². The van der Waals surface area contributed by atoms with Gasteiger partial charge in [0.25, 0.3) is 0 Å². The Hall–Kier alpha value is -0.970. The summed E-state index contributed by atoms with van der Waals surface area (Å²) in [5, 5.41) is 3.67. The Kier molecular flexibility index (Phi) is 2.03. The summed E-state index contributed by atoms with van der Waals surface area (Å²) in [5.74, 6) is 0.893. The van der Waals surface area contributed by atoms with Crippen LogP contribution in [0.3, 0.4) is 0 Å². The molecule has 0 radical (unpaired) electrons. The summed E-state index contributed by atoms with van der Waals surface area (Å²) in [7, 11) is 0. The molecule has 0 aromatic carbocycles. The zero-order valence-corrected chi connectivity index (χ0v) is 6.61. The van der Waals surface area contributed by atoms with Crippen molar-refractivity contribution in [3.8, 4) is 0 Å².